The first kappa shape index (κ1) is 10.9. The summed E-state index contributed by atoms with van der Waals surface area (Å²) in [6.07, 6.45) is 5.57. The Kier molecular flexibility index (Phi) is 3.01. The van der Waals surface area contributed by atoms with Crippen molar-refractivity contribution in [3.05, 3.63) is 0 Å². The number of carbonyl (C=O) groups is 1. The Morgan fingerprint density at radius 2 is 2.27 bits per heavy atom. The molecule has 2 aliphatic rings. The van der Waals surface area contributed by atoms with Crippen molar-refractivity contribution in [1.82, 2.24) is 10.2 Å². The second kappa shape index (κ2) is 4.12. The van der Waals surface area contributed by atoms with Crippen LogP contribution in [0.1, 0.15) is 39.0 Å². The van der Waals surface area contributed by atoms with E-state index in [0.717, 1.165) is 32.4 Å². The summed E-state index contributed by atoms with van der Waals surface area (Å²) < 4.78 is 0. The summed E-state index contributed by atoms with van der Waals surface area (Å²) in [7, 11) is 1.98. The molecule has 0 aromatic rings. The average molecular weight is 210 g/mol. The molecular weight excluding hydrogens is 188 g/mol. The van der Waals surface area contributed by atoms with Gasteiger partial charge in [0.05, 0.1) is 5.41 Å². The molecule has 0 bridgehead atoms. The van der Waals surface area contributed by atoms with E-state index in [2.05, 4.69) is 12.2 Å². The zero-order valence-corrected chi connectivity index (χ0v) is 9.88. The van der Waals surface area contributed by atoms with E-state index in [1.807, 2.05) is 11.9 Å². The molecule has 0 aromatic heterocycles. The van der Waals surface area contributed by atoms with Gasteiger partial charge in [-0.3, -0.25) is 4.79 Å². The Labute approximate surface area is 92.2 Å². The summed E-state index contributed by atoms with van der Waals surface area (Å²) in [5, 5.41) is 3.37. The van der Waals surface area contributed by atoms with Gasteiger partial charge >= 0.3 is 0 Å². The number of nitrogens with one attached hydrogen (secondary N) is 1. The van der Waals surface area contributed by atoms with Gasteiger partial charge in [0.25, 0.3) is 0 Å². The fourth-order valence-electron chi connectivity index (χ4n) is 2.61. The molecule has 1 heterocycles. The van der Waals surface area contributed by atoms with Crippen molar-refractivity contribution < 1.29 is 4.79 Å². The zero-order valence-electron chi connectivity index (χ0n) is 9.88. The van der Waals surface area contributed by atoms with Crippen molar-refractivity contribution in [2.24, 2.45) is 5.41 Å². The van der Waals surface area contributed by atoms with Crippen LogP contribution in [0.15, 0.2) is 0 Å². The Hall–Kier alpha value is -0.570. The third-order valence-electron chi connectivity index (χ3n) is 4.02. The molecule has 86 valence electrons. The molecule has 1 aliphatic heterocycles. The first-order valence-corrected chi connectivity index (χ1v) is 6.17. The van der Waals surface area contributed by atoms with Gasteiger partial charge in [0.15, 0.2) is 0 Å². The summed E-state index contributed by atoms with van der Waals surface area (Å²) in [5.74, 6) is 0.375. The average Bonchev–Trinajstić information content (AvgIpc) is 3.12. The maximum Gasteiger partial charge on any atom is 0.230 e. The van der Waals surface area contributed by atoms with Crippen molar-refractivity contribution in [2.75, 3.05) is 20.1 Å². The smallest absolute Gasteiger partial charge is 0.230 e. The Morgan fingerprint density at radius 3 is 2.73 bits per heavy atom. The molecule has 1 saturated heterocycles. The number of nitrogens with zero attached hydrogens (tertiary/aromatic N) is 1. The normalized spacial score (nSPS) is 31.3. The highest BCUT2D eigenvalue weighted by Crippen LogP contribution is 2.35. The maximum absolute atomic E-state index is 12.4. The molecule has 1 atom stereocenters. The summed E-state index contributed by atoms with van der Waals surface area (Å²) in [4.78, 5) is 14.4. The summed E-state index contributed by atoms with van der Waals surface area (Å²) in [6.45, 7) is 4.09. The van der Waals surface area contributed by atoms with Crippen LogP contribution in [0.5, 0.6) is 0 Å². The molecule has 1 aliphatic carbocycles. The van der Waals surface area contributed by atoms with Crippen LogP contribution in [0.2, 0.25) is 0 Å². The van der Waals surface area contributed by atoms with E-state index < -0.39 is 0 Å². The minimum absolute atomic E-state index is 0.102. The third-order valence-corrected chi connectivity index (χ3v) is 4.02. The maximum atomic E-state index is 12.4. The highest BCUT2D eigenvalue weighted by Gasteiger charge is 2.43. The predicted octanol–water partition coefficient (Wildman–Crippen LogP) is 1.39. The van der Waals surface area contributed by atoms with E-state index in [9.17, 15) is 4.79 Å². The van der Waals surface area contributed by atoms with Crippen molar-refractivity contribution in [1.29, 1.82) is 0 Å². The summed E-state index contributed by atoms with van der Waals surface area (Å²) in [5.41, 5.74) is -0.102. The van der Waals surface area contributed by atoms with Crippen LogP contribution >= 0.6 is 0 Å². The quantitative estimate of drug-likeness (QED) is 0.763. The standard InChI is InChI=1S/C12H22N2O/c1-3-12(7-4-8-13-9-12)11(15)14(2)10-5-6-10/h10,13H,3-9H2,1-2H3. The number of amides is 1. The topological polar surface area (TPSA) is 32.3 Å². The predicted molar refractivity (Wildman–Crippen MR) is 60.6 cm³/mol. The molecule has 1 unspecified atom stereocenters. The molecule has 0 spiro atoms. The number of hydrogen-bond acceptors (Lipinski definition) is 2. The number of piperidine rings is 1. The van der Waals surface area contributed by atoms with Crippen molar-refractivity contribution in [3.63, 3.8) is 0 Å². The lowest BCUT2D eigenvalue weighted by Crippen LogP contribution is -2.51. The fraction of sp³-hybridized carbons (Fsp3) is 0.917. The first-order chi connectivity index (χ1) is 7.19. The second-order valence-electron chi connectivity index (χ2n) is 5.06. The Bertz CT molecular complexity index is 242. The van der Waals surface area contributed by atoms with Gasteiger partial charge in [-0.1, -0.05) is 6.92 Å². The minimum atomic E-state index is -0.102. The van der Waals surface area contributed by atoms with E-state index >= 15 is 0 Å². The molecule has 1 amide bonds. The molecule has 2 fully saturated rings. The molecule has 15 heavy (non-hydrogen) atoms. The SMILES string of the molecule is CCC1(C(=O)N(C)C2CC2)CCCNC1. The van der Waals surface area contributed by atoms with Gasteiger partial charge in [0.1, 0.15) is 0 Å². The van der Waals surface area contributed by atoms with Gasteiger partial charge in [-0.15, -0.1) is 0 Å². The van der Waals surface area contributed by atoms with Gasteiger partial charge in [0.2, 0.25) is 5.91 Å². The van der Waals surface area contributed by atoms with Gasteiger partial charge in [-0.05, 0) is 38.6 Å². The van der Waals surface area contributed by atoms with Gasteiger partial charge in [0, 0.05) is 19.6 Å². The molecule has 2 rings (SSSR count). The molecule has 0 radical (unpaired) electrons. The van der Waals surface area contributed by atoms with E-state index in [-0.39, 0.29) is 5.41 Å². The van der Waals surface area contributed by atoms with Crippen LogP contribution < -0.4 is 5.32 Å². The van der Waals surface area contributed by atoms with E-state index in [1.165, 1.54) is 12.8 Å². The minimum Gasteiger partial charge on any atom is -0.342 e. The van der Waals surface area contributed by atoms with Crippen LogP contribution in [-0.4, -0.2) is 37.0 Å². The van der Waals surface area contributed by atoms with Crippen molar-refractivity contribution in [2.45, 2.75) is 45.1 Å². The molecule has 0 aromatic carbocycles. The van der Waals surface area contributed by atoms with E-state index in [4.69, 9.17) is 0 Å². The van der Waals surface area contributed by atoms with E-state index in [0.29, 0.717) is 11.9 Å². The number of hydrogen-bond donors (Lipinski definition) is 1. The van der Waals surface area contributed by atoms with Gasteiger partial charge in [-0.2, -0.15) is 0 Å². The van der Waals surface area contributed by atoms with Crippen LogP contribution in [-0.2, 0) is 4.79 Å². The lowest BCUT2D eigenvalue weighted by atomic mass is 9.77. The molecular formula is C12H22N2O. The fourth-order valence-corrected chi connectivity index (χ4v) is 2.61. The molecule has 1 saturated carbocycles. The van der Waals surface area contributed by atoms with Crippen LogP contribution in [0.3, 0.4) is 0 Å². The van der Waals surface area contributed by atoms with Gasteiger partial charge < -0.3 is 10.2 Å². The molecule has 1 N–H and O–H groups in total. The van der Waals surface area contributed by atoms with E-state index in [1.54, 1.807) is 0 Å². The monoisotopic (exact) mass is 210 g/mol. The van der Waals surface area contributed by atoms with Crippen LogP contribution in [0.25, 0.3) is 0 Å². The lowest BCUT2D eigenvalue weighted by molar-refractivity contribution is -0.142. The summed E-state index contributed by atoms with van der Waals surface area (Å²) in [6, 6.07) is 0.544. The lowest BCUT2D eigenvalue weighted by Gasteiger charge is -2.38. The van der Waals surface area contributed by atoms with Gasteiger partial charge in [-0.25, -0.2) is 0 Å². The highest BCUT2D eigenvalue weighted by atomic mass is 16.2. The Morgan fingerprint density at radius 1 is 1.53 bits per heavy atom. The third kappa shape index (κ3) is 2.03. The number of carbonyl (C=O) groups excluding carboxylic acids is 1. The van der Waals surface area contributed by atoms with Crippen molar-refractivity contribution >= 4 is 5.91 Å². The Balaban J connectivity index is 2.06. The first-order valence-electron chi connectivity index (χ1n) is 6.17. The second-order valence-corrected chi connectivity index (χ2v) is 5.06. The molecule has 3 heteroatoms. The highest BCUT2D eigenvalue weighted by molar-refractivity contribution is 5.83. The van der Waals surface area contributed by atoms with Crippen LogP contribution in [0, 0.1) is 5.41 Å². The number of rotatable bonds is 3. The molecule has 3 nitrogen and oxygen atoms in total. The summed E-state index contributed by atoms with van der Waals surface area (Å²) >= 11 is 0. The van der Waals surface area contributed by atoms with Crippen molar-refractivity contribution in [3.8, 4) is 0 Å². The largest absolute Gasteiger partial charge is 0.342 e. The zero-order chi connectivity index (χ0) is 10.9. The van der Waals surface area contributed by atoms with Crippen LogP contribution in [0.4, 0.5) is 0 Å².